The van der Waals surface area contributed by atoms with Crippen LogP contribution in [-0.2, 0) is 11.8 Å². The van der Waals surface area contributed by atoms with Gasteiger partial charge in [-0.05, 0) is 24.3 Å². The molecule has 0 saturated heterocycles. The lowest BCUT2D eigenvalue weighted by molar-refractivity contribution is -0.129. The molecule has 148 valence electrons. The number of thioether (sulfide) groups is 1. The largest absolute Gasteiger partial charge is 0.342 e. The Balaban J connectivity index is 1.54. The molecular weight excluding hydrogens is 410 g/mol. The van der Waals surface area contributed by atoms with Gasteiger partial charge in [0, 0.05) is 36.0 Å². The van der Waals surface area contributed by atoms with Crippen molar-refractivity contribution in [2.45, 2.75) is 43.3 Å². The molecule has 1 saturated carbocycles. The third kappa shape index (κ3) is 3.77. The summed E-state index contributed by atoms with van der Waals surface area (Å²) in [5.74, 6) is 0.416. The van der Waals surface area contributed by atoms with Gasteiger partial charge in [0.2, 0.25) is 5.91 Å². The van der Waals surface area contributed by atoms with E-state index in [0.29, 0.717) is 22.3 Å². The van der Waals surface area contributed by atoms with E-state index in [1.54, 1.807) is 23.0 Å². The quantitative estimate of drug-likeness (QED) is 0.436. The highest BCUT2D eigenvalue weighted by Crippen LogP contribution is 2.34. The average molecular weight is 434 g/mol. The van der Waals surface area contributed by atoms with Crippen molar-refractivity contribution in [3.63, 3.8) is 0 Å². The molecule has 3 aromatic rings. The normalized spacial score (nSPS) is 15.2. The highest BCUT2D eigenvalue weighted by molar-refractivity contribution is 7.99. The molecule has 4 rings (SSSR count). The zero-order chi connectivity index (χ0) is 19.7. The first-order chi connectivity index (χ1) is 13.6. The summed E-state index contributed by atoms with van der Waals surface area (Å²) in [6, 6.07) is 4.36. The Morgan fingerprint density at radius 2 is 2.11 bits per heavy atom. The van der Waals surface area contributed by atoms with E-state index in [0.717, 1.165) is 28.1 Å². The summed E-state index contributed by atoms with van der Waals surface area (Å²) in [6.45, 7) is 0. The molecule has 0 aliphatic heterocycles. The number of fused-ring (bicyclic) bond motifs is 1. The van der Waals surface area contributed by atoms with Gasteiger partial charge in [0.15, 0.2) is 5.16 Å². The molecule has 0 aromatic carbocycles. The molecule has 1 amide bonds. The number of carbonyl (C=O) groups is 1. The molecule has 8 heteroatoms. The third-order valence-electron chi connectivity index (χ3n) is 5.40. The Morgan fingerprint density at radius 1 is 1.32 bits per heavy atom. The number of amides is 1. The third-order valence-corrected chi connectivity index (χ3v) is 8.19. The van der Waals surface area contributed by atoms with E-state index in [-0.39, 0.29) is 11.5 Å². The Hall–Kier alpha value is -1.64. The van der Waals surface area contributed by atoms with Crippen LogP contribution in [0.15, 0.2) is 32.8 Å². The van der Waals surface area contributed by atoms with Crippen molar-refractivity contribution in [3.05, 3.63) is 33.2 Å². The number of hydrogen-bond acceptors (Lipinski definition) is 6. The van der Waals surface area contributed by atoms with Gasteiger partial charge in [-0.2, -0.15) is 0 Å². The molecular formula is C20H23N3O2S3. The molecule has 1 aliphatic rings. The Labute approximate surface area is 176 Å². The first kappa shape index (κ1) is 19.7. The second kappa shape index (κ2) is 8.39. The molecule has 1 fully saturated rings. The van der Waals surface area contributed by atoms with Gasteiger partial charge >= 0.3 is 0 Å². The van der Waals surface area contributed by atoms with E-state index < -0.39 is 0 Å². The van der Waals surface area contributed by atoms with E-state index in [1.807, 2.05) is 34.8 Å². The molecule has 5 nitrogen and oxygen atoms in total. The minimum Gasteiger partial charge on any atom is -0.342 e. The maximum atomic E-state index is 13.0. The summed E-state index contributed by atoms with van der Waals surface area (Å²) in [5, 5.41) is 5.28. The van der Waals surface area contributed by atoms with Gasteiger partial charge in [-0.3, -0.25) is 14.2 Å². The van der Waals surface area contributed by atoms with Crippen molar-refractivity contribution in [2.75, 3.05) is 12.8 Å². The molecule has 0 spiro atoms. The number of thiophene rings is 2. The second-order valence-corrected chi connectivity index (χ2v) is 9.90. The van der Waals surface area contributed by atoms with E-state index >= 15 is 0 Å². The maximum Gasteiger partial charge on any atom is 0.263 e. The summed E-state index contributed by atoms with van der Waals surface area (Å²) < 4.78 is 1.57. The lowest BCUT2D eigenvalue weighted by atomic mass is 9.94. The number of rotatable bonds is 5. The van der Waals surface area contributed by atoms with Gasteiger partial charge in [-0.25, -0.2) is 4.98 Å². The Morgan fingerprint density at radius 3 is 2.82 bits per heavy atom. The van der Waals surface area contributed by atoms with Crippen LogP contribution in [0.5, 0.6) is 0 Å². The monoisotopic (exact) mass is 433 g/mol. The first-order valence-electron chi connectivity index (χ1n) is 9.47. The average Bonchev–Trinajstić information content (AvgIpc) is 3.39. The molecule has 0 N–H and O–H groups in total. The van der Waals surface area contributed by atoms with E-state index in [9.17, 15) is 9.59 Å². The van der Waals surface area contributed by atoms with Gasteiger partial charge in [0.25, 0.3) is 5.56 Å². The van der Waals surface area contributed by atoms with Crippen LogP contribution < -0.4 is 5.56 Å². The lowest BCUT2D eigenvalue weighted by Crippen LogP contribution is -2.39. The smallest absolute Gasteiger partial charge is 0.263 e. The van der Waals surface area contributed by atoms with Crippen LogP contribution in [0.25, 0.3) is 20.7 Å². The molecule has 0 radical (unpaired) electrons. The zero-order valence-electron chi connectivity index (χ0n) is 16.0. The fourth-order valence-electron chi connectivity index (χ4n) is 3.70. The molecule has 0 bridgehead atoms. The van der Waals surface area contributed by atoms with Crippen LogP contribution in [0.4, 0.5) is 0 Å². The second-order valence-electron chi connectivity index (χ2n) is 7.15. The fourth-order valence-corrected chi connectivity index (χ4v) is 6.39. The minimum atomic E-state index is -0.0507. The van der Waals surface area contributed by atoms with E-state index in [4.69, 9.17) is 0 Å². The lowest BCUT2D eigenvalue weighted by Gasteiger charge is -2.31. The molecule has 3 heterocycles. The van der Waals surface area contributed by atoms with Crippen molar-refractivity contribution >= 4 is 50.6 Å². The number of aromatic nitrogens is 2. The van der Waals surface area contributed by atoms with Gasteiger partial charge < -0.3 is 4.90 Å². The van der Waals surface area contributed by atoms with Crippen molar-refractivity contribution in [2.24, 2.45) is 7.05 Å². The fraction of sp³-hybridized carbons (Fsp3) is 0.450. The van der Waals surface area contributed by atoms with Gasteiger partial charge in [0.1, 0.15) is 4.83 Å². The van der Waals surface area contributed by atoms with Crippen LogP contribution in [0.2, 0.25) is 0 Å². The first-order valence-corrected chi connectivity index (χ1v) is 12.2. The number of hydrogen-bond donors (Lipinski definition) is 0. The maximum absolute atomic E-state index is 13.0. The summed E-state index contributed by atoms with van der Waals surface area (Å²) in [5.41, 5.74) is 0.901. The van der Waals surface area contributed by atoms with Gasteiger partial charge in [-0.1, -0.05) is 37.1 Å². The summed E-state index contributed by atoms with van der Waals surface area (Å²) in [6.07, 6.45) is 5.86. The highest BCUT2D eigenvalue weighted by atomic mass is 32.2. The van der Waals surface area contributed by atoms with E-state index in [2.05, 4.69) is 4.98 Å². The van der Waals surface area contributed by atoms with Gasteiger partial charge in [0.05, 0.1) is 11.1 Å². The molecule has 3 aromatic heterocycles. The summed E-state index contributed by atoms with van der Waals surface area (Å²) >= 11 is 4.46. The summed E-state index contributed by atoms with van der Waals surface area (Å²) in [4.78, 5) is 34.0. The molecule has 0 atom stereocenters. The minimum absolute atomic E-state index is 0.0507. The van der Waals surface area contributed by atoms with Crippen LogP contribution >= 0.6 is 34.4 Å². The van der Waals surface area contributed by atoms with E-state index in [1.165, 1.54) is 42.4 Å². The van der Waals surface area contributed by atoms with Gasteiger partial charge in [-0.15, -0.1) is 22.7 Å². The molecule has 1 aliphatic carbocycles. The Bertz CT molecular complexity index is 1030. The number of nitrogens with zero attached hydrogens (tertiary/aromatic N) is 3. The number of carbonyl (C=O) groups excluding carboxylic acids is 1. The van der Waals surface area contributed by atoms with Crippen LogP contribution in [0, 0.1) is 0 Å². The van der Waals surface area contributed by atoms with Crippen LogP contribution in [-0.4, -0.2) is 39.2 Å². The van der Waals surface area contributed by atoms with Crippen molar-refractivity contribution in [3.8, 4) is 10.4 Å². The SMILES string of the molecule is CN(C(=O)CSc1nc2scc(-c3cccs3)c2c(=O)n1C)C1CCCCC1. The standard InChI is InChI=1S/C20H23N3O2S3/c1-22(13-7-4-3-5-8-13)16(24)12-28-20-21-18-17(19(25)23(20)2)14(11-27-18)15-9-6-10-26-15/h6,9-11,13H,3-5,7-8,12H2,1-2H3. The van der Waals surface area contributed by atoms with Crippen molar-refractivity contribution in [1.29, 1.82) is 0 Å². The summed E-state index contributed by atoms with van der Waals surface area (Å²) in [7, 11) is 3.64. The highest BCUT2D eigenvalue weighted by Gasteiger charge is 2.23. The predicted octanol–water partition coefficient (Wildman–Crippen LogP) is 4.61. The van der Waals surface area contributed by atoms with Crippen molar-refractivity contribution in [1.82, 2.24) is 14.5 Å². The zero-order valence-corrected chi connectivity index (χ0v) is 18.5. The van der Waals surface area contributed by atoms with Crippen LogP contribution in [0.1, 0.15) is 32.1 Å². The molecule has 0 unspecified atom stereocenters. The Kier molecular flexibility index (Phi) is 5.89. The predicted molar refractivity (Wildman–Crippen MR) is 119 cm³/mol. The van der Waals surface area contributed by atoms with Crippen molar-refractivity contribution < 1.29 is 4.79 Å². The molecule has 28 heavy (non-hydrogen) atoms. The topological polar surface area (TPSA) is 55.2 Å². The van der Waals surface area contributed by atoms with Crippen LogP contribution in [0.3, 0.4) is 0 Å².